The molecule has 2 aromatic heterocycles. The van der Waals surface area contributed by atoms with Crippen LogP contribution in [0.2, 0.25) is 0 Å². The van der Waals surface area contributed by atoms with Crippen LogP contribution in [0.1, 0.15) is 34.6 Å². The first-order valence-corrected chi connectivity index (χ1v) is 13.7. The molecular weight excluding hydrogens is 548 g/mol. The number of rotatable bonds is 5. The molecule has 3 aromatic rings. The predicted molar refractivity (Wildman–Crippen MR) is 153 cm³/mol. The zero-order chi connectivity index (χ0) is 30.2. The first-order chi connectivity index (χ1) is 19.9. The molecule has 0 bridgehead atoms. The van der Waals surface area contributed by atoms with Gasteiger partial charge in [-0.1, -0.05) is 0 Å². The van der Waals surface area contributed by atoms with Crippen LogP contribution in [0, 0.1) is 11.6 Å². The highest BCUT2D eigenvalue weighted by molar-refractivity contribution is 5.97. The van der Waals surface area contributed by atoms with Crippen molar-refractivity contribution in [3.05, 3.63) is 48.3 Å². The Morgan fingerprint density at radius 1 is 1.07 bits per heavy atom. The molecule has 1 aromatic carbocycles. The summed E-state index contributed by atoms with van der Waals surface area (Å²) in [4.78, 5) is 42.7. The van der Waals surface area contributed by atoms with Gasteiger partial charge in [-0.15, -0.1) is 0 Å². The van der Waals surface area contributed by atoms with Crippen molar-refractivity contribution in [1.29, 1.82) is 0 Å². The number of hydrogen-bond donors (Lipinski definition) is 1. The van der Waals surface area contributed by atoms with Crippen molar-refractivity contribution >= 4 is 35.1 Å². The van der Waals surface area contributed by atoms with E-state index in [2.05, 4.69) is 20.3 Å². The highest BCUT2D eigenvalue weighted by Crippen LogP contribution is 2.39. The molecule has 0 radical (unpaired) electrons. The van der Waals surface area contributed by atoms with Crippen LogP contribution in [-0.2, 0) is 9.53 Å². The molecule has 4 heterocycles. The fraction of sp³-hybridized carbons (Fsp3) is 0.414. The van der Waals surface area contributed by atoms with Crippen molar-refractivity contribution in [2.75, 3.05) is 47.9 Å². The minimum absolute atomic E-state index is 0.0591. The van der Waals surface area contributed by atoms with Crippen molar-refractivity contribution in [3.8, 4) is 17.0 Å². The number of nitrogens with zero attached hydrogens (tertiary/aromatic N) is 6. The maximum atomic E-state index is 15.0. The van der Waals surface area contributed by atoms with Crippen LogP contribution in [0.3, 0.4) is 0 Å². The molecule has 5 rings (SSSR count). The van der Waals surface area contributed by atoms with Gasteiger partial charge in [0.25, 0.3) is 0 Å². The number of halogens is 2. The molecule has 0 spiro atoms. The van der Waals surface area contributed by atoms with Gasteiger partial charge in [0, 0.05) is 24.7 Å². The van der Waals surface area contributed by atoms with Crippen LogP contribution in [0.4, 0.5) is 36.7 Å². The Kier molecular flexibility index (Phi) is 7.85. The number of hydrogen-bond acceptors (Lipinski definition) is 9. The van der Waals surface area contributed by atoms with E-state index in [1.54, 1.807) is 43.9 Å². The molecule has 2 aliphatic heterocycles. The quantitative estimate of drug-likeness (QED) is 0.456. The van der Waals surface area contributed by atoms with E-state index in [9.17, 15) is 18.4 Å². The summed E-state index contributed by atoms with van der Waals surface area (Å²) in [5, 5.41) is 2.93. The molecule has 11 nitrogen and oxygen atoms in total. The van der Waals surface area contributed by atoms with Gasteiger partial charge in [-0.05, 0) is 58.9 Å². The highest BCUT2D eigenvalue weighted by atomic mass is 19.1. The summed E-state index contributed by atoms with van der Waals surface area (Å²) in [6.07, 6.45) is 1.99. The van der Waals surface area contributed by atoms with Gasteiger partial charge < -0.3 is 24.6 Å². The van der Waals surface area contributed by atoms with Crippen LogP contribution in [0.15, 0.2) is 36.7 Å². The van der Waals surface area contributed by atoms with Crippen LogP contribution in [0.25, 0.3) is 11.3 Å². The maximum Gasteiger partial charge on any atom is 0.410 e. The number of piperazine rings is 1. The standard InChI is InChI=1S/C29H33F2N7O4/c1-17(2)37-10-11-41-26-20(30)12-18(13-22(26)37)25-21(31)15-33-27(35-25)34-23-7-6-19(14-32-23)38-9-8-36(16-24(38)39)28(40)42-29(3,4)5/h6-7,12-15,17H,8-11,16H2,1-5H3,(H,32,33,34,35). The number of nitrogens with one attached hydrogen (secondary N) is 1. The number of benzene rings is 1. The van der Waals surface area contributed by atoms with Crippen LogP contribution >= 0.6 is 0 Å². The van der Waals surface area contributed by atoms with E-state index in [1.165, 1.54) is 17.2 Å². The zero-order valence-corrected chi connectivity index (χ0v) is 24.1. The van der Waals surface area contributed by atoms with E-state index in [1.807, 2.05) is 18.7 Å². The summed E-state index contributed by atoms with van der Waals surface area (Å²) in [7, 11) is 0. The lowest BCUT2D eigenvalue weighted by Gasteiger charge is -2.35. The Morgan fingerprint density at radius 2 is 1.86 bits per heavy atom. The number of carbonyl (C=O) groups excluding carboxylic acids is 2. The number of fused-ring (bicyclic) bond motifs is 1. The number of anilines is 4. The molecule has 0 unspecified atom stereocenters. The summed E-state index contributed by atoms with van der Waals surface area (Å²) in [6.45, 7) is 10.7. The molecule has 1 fully saturated rings. The largest absolute Gasteiger partial charge is 0.486 e. The fourth-order valence-corrected chi connectivity index (χ4v) is 4.77. The Balaban J connectivity index is 1.30. The molecule has 222 valence electrons. The Labute approximate surface area is 242 Å². The minimum atomic E-state index is -0.708. The summed E-state index contributed by atoms with van der Waals surface area (Å²) < 4.78 is 40.7. The second-order valence-electron chi connectivity index (χ2n) is 11.3. The second kappa shape index (κ2) is 11.4. The molecule has 0 atom stereocenters. The second-order valence-corrected chi connectivity index (χ2v) is 11.3. The Bertz CT molecular complexity index is 1490. The van der Waals surface area contributed by atoms with Gasteiger partial charge in [0.2, 0.25) is 11.9 Å². The Morgan fingerprint density at radius 3 is 2.52 bits per heavy atom. The molecule has 0 aliphatic carbocycles. The van der Waals surface area contributed by atoms with Crippen LogP contribution < -0.4 is 19.9 Å². The summed E-state index contributed by atoms with van der Waals surface area (Å²) in [5.41, 5.74) is 0.611. The van der Waals surface area contributed by atoms with Crippen molar-refractivity contribution in [2.45, 2.75) is 46.3 Å². The average Bonchev–Trinajstić information content (AvgIpc) is 2.93. The molecule has 0 saturated carbocycles. The molecule has 2 aliphatic rings. The zero-order valence-electron chi connectivity index (χ0n) is 24.1. The molecular formula is C29H33F2N7O4. The lowest BCUT2D eigenvalue weighted by molar-refractivity contribution is -0.121. The van der Waals surface area contributed by atoms with Crippen LogP contribution in [-0.4, -0.2) is 76.3 Å². The van der Waals surface area contributed by atoms with Gasteiger partial charge in [-0.3, -0.25) is 9.69 Å². The van der Waals surface area contributed by atoms with Gasteiger partial charge in [0.05, 0.1) is 30.3 Å². The van der Waals surface area contributed by atoms with Gasteiger partial charge in [0.15, 0.2) is 17.4 Å². The first-order valence-electron chi connectivity index (χ1n) is 13.7. The summed E-state index contributed by atoms with van der Waals surface area (Å²) in [6, 6.07) is 6.28. The fourth-order valence-electron chi connectivity index (χ4n) is 4.77. The van der Waals surface area contributed by atoms with Crippen molar-refractivity contribution < 1.29 is 27.8 Å². The SMILES string of the molecule is CC(C)N1CCOc2c(F)cc(-c3nc(Nc4ccc(N5CCN(C(=O)OC(C)(C)C)CC5=O)cn4)ncc3F)cc21. The van der Waals surface area contributed by atoms with Crippen molar-refractivity contribution in [3.63, 3.8) is 0 Å². The summed E-state index contributed by atoms with van der Waals surface area (Å²) >= 11 is 0. The van der Waals surface area contributed by atoms with Gasteiger partial charge >= 0.3 is 6.09 Å². The van der Waals surface area contributed by atoms with E-state index < -0.39 is 23.3 Å². The van der Waals surface area contributed by atoms with Crippen molar-refractivity contribution in [2.24, 2.45) is 0 Å². The molecule has 42 heavy (non-hydrogen) atoms. The highest BCUT2D eigenvalue weighted by Gasteiger charge is 2.31. The molecule has 2 amide bonds. The van der Waals surface area contributed by atoms with Gasteiger partial charge in [0.1, 0.15) is 30.3 Å². The van der Waals surface area contributed by atoms with E-state index in [-0.39, 0.29) is 48.0 Å². The third-order valence-electron chi connectivity index (χ3n) is 6.72. The number of aromatic nitrogens is 3. The van der Waals surface area contributed by atoms with E-state index in [0.717, 1.165) is 6.20 Å². The predicted octanol–water partition coefficient (Wildman–Crippen LogP) is 4.75. The topological polar surface area (TPSA) is 113 Å². The number of pyridine rings is 1. The van der Waals surface area contributed by atoms with Gasteiger partial charge in [-0.25, -0.2) is 28.5 Å². The average molecular weight is 582 g/mol. The first kappa shape index (κ1) is 29.0. The third-order valence-corrected chi connectivity index (χ3v) is 6.72. The number of amides is 2. The maximum absolute atomic E-state index is 15.0. The number of ether oxygens (including phenoxy) is 2. The minimum Gasteiger partial charge on any atom is -0.486 e. The third kappa shape index (κ3) is 6.19. The van der Waals surface area contributed by atoms with Crippen LogP contribution in [0.5, 0.6) is 5.75 Å². The van der Waals surface area contributed by atoms with E-state index in [0.29, 0.717) is 36.9 Å². The molecule has 1 saturated heterocycles. The Hall–Kier alpha value is -4.55. The lowest BCUT2D eigenvalue weighted by Crippen LogP contribution is -2.53. The van der Waals surface area contributed by atoms with E-state index in [4.69, 9.17) is 9.47 Å². The molecule has 13 heteroatoms. The summed E-state index contributed by atoms with van der Waals surface area (Å²) in [5.74, 6) is -1.02. The smallest absolute Gasteiger partial charge is 0.410 e. The normalized spacial score (nSPS) is 15.4. The van der Waals surface area contributed by atoms with Gasteiger partial charge in [-0.2, -0.15) is 0 Å². The van der Waals surface area contributed by atoms with E-state index >= 15 is 0 Å². The number of carbonyl (C=O) groups is 2. The molecule has 1 N–H and O–H groups in total. The monoisotopic (exact) mass is 581 g/mol. The lowest BCUT2D eigenvalue weighted by atomic mass is 10.1. The van der Waals surface area contributed by atoms with Crippen molar-refractivity contribution in [1.82, 2.24) is 19.9 Å².